The van der Waals surface area contributed by atoms with Gasteiger partial charge < -0.3 is 9.88 Å². The average molecular weight is 299 g/mol. The van der Waals surface area contributed by atoms with Crippen molar-refractivity contribution in [3.63, 3.8) is 0 Å². The zero-order chi connectivity index (χ0) is 14.6. The first-order valence-electron chi connectivity index (χ1n) is 6.45. The maximum Gasteiger partial charge on any atom is 0.247 e. The first kappa shape index (κ1) is 14.7. The van der Waals surface area contributed by atoms with Crippen molar-refractivity contribution in [2.45, 2.75) is 24.2 Å². The zero-order valence-electron chi connectivity index (χ0n) is 11.0. The predicted octanol–water partition coefficient (Wildman–Crippen LogP) is -0.334. The molecule has 1 aromatic rings. The van der Waals surface area contributed by atoms with Crippen LogP contribution >= 0.6 is 0 Å². The number of likely N-dealkylation sites (tertiary alicyclic amines) is 1. The first-order chi connectivity index (χ1) is 9.49. The van der Waals surface area contributed by atoms with Gasteiger partial charge in [-0.2, -0.15) is 0 Å². The van der Waals surface area contributed by atoms with E-state index in [4.69, 9.17) is 0 Å². The number of aromatic nitrogens is 1. The Bertz CT molecular complexity index is 612. The Labute approximate surface area is 117 Å². The first-order valence-corrected chi connectivity index (χ1v) is 7.93. The number of nitrogens with zero attached hydrogens (tertiary/aromatic N) is 1. The lowest BCUT2D eigenvalue weighted by Crippen LogP contribution is -2.32. The van der Waals surface area contributed by atoms with Gasteiger partial charge in [0.2, 0.25) is 21.5 Å². The van der Waals surface area contributed by atoms with Gasteiger partial charge in [-0.25, -0.2) is 13.1 Å². The molecule has 0 aromatic carbocycles. The summed E-state index contributed by atoms with van der Waals surface area (Å²) in [6.07, 6.45) is 3.29. The van der Waals surface area contributed by atoms with E-state index < -0.39 is 10.0 Å². The van der Waals surface area contributed by atoms with E-state index in [1.165, 1.54) is 6.07 Å². The molecule has 0 spiro atoms. The number of pyridine rings is 1. The molecular weight excluding hydrogens is 282 g/mol. The highest BCUT2D eigenvalue weighted by molar-refractivity contribution is 7.89. The van der Waals surface area contributed by atoms with Crippen LogP contribution in [0.4, 0.5) is 0 Å². The molecule has 1 aliphatic heterocycles. The van der Waals surface area contributed by atoms with Gasteiger partial charge in [0.1, 0.15) is 0 Å². The van der Waals surface area contributed by atoms with Crippen LogP contribution in [-0.2, 0) is 14.8 Å². The minimum absolute atomic E-state index is 0.0225. The van der Waals surface area contributed by atoms with E-state index in [1.807, 2.05) is 0 Å². The van der Waals surface area contributed by atoms with Crippen molar-refractivity contribution in [3.8, 4) is 0 Å². The molecule has 8 heteroatoms. The zero-order valence-corrected chi connectivity index (χ0v) is 11.8. The summed E-state index contributed by atoms with van der Waals surface area (Å²) in [5, 5.41) is 0. The maximum absolute atomic E-state index is 11.9. The van der Waals surface area contributed by atoms with Gasteiger partial charge in [0.05, 0.1) is 4.90 Å². The second-order valence-electron chi connectivity index (χ2n) is 4.62. The molecule has 1 fully saturated rings. The Morgan fingerprint density at radius 2 is 2.00 bits per heavy atom. The Morgan fingerprint density at radius 3 is 2.60 bits per heavy atom. The van der Waals surface area contributed by atoms with Crippen LogP contribution in [0.2, 0.25) is 0 Å². The van der Waals surface area contributed by atoms with Gasteiger partial charge in [-0.3, -0.25) is 9.59 Å². The Kier molecular flexibility index (Phi) is 4.56. The lowest BCUT2D eigenvalue weighted by molar-refractivity contribution is -0.129. The Balaban J connectivity index is 1.87. The second kappa shape index (κ2) is 6.19. The Hall–Kier alpha value is -1.67. The quantitative estimate of drug-likeness (QED) is 0.777. The predicted molar refractivity (Wildman–Crippen MR) is 72.7 cm³/mol. The van der Waals surface area contributed by atoms with E-state index in [-0.39, 0.29) is 29.3 Å². The van der Waals surface area contributed by atoms with Gasteiger partial charge in [0.25, 0.3) is 0 Å². The number of hydrogen-bond donors (Lipinski definition) is 2. The smallest absolute Gasteiger partial charge is 0.247 e. The van der Waals surface area contributed by atoms with Gasteiger partial charge in [-0.15, -0.1) is 0 Å². The number of hydrogen-bond acceptors (Lipinski definition) is 4. The molecule has 0 saturated carbocycles. The maximum atomic E-state index is 11.9. The van der Waals surface area contributed by atoms with Crippen molar-refractivity contribution in [3.05, 3.63) is 28.7 Å². The summed E-state index contributed by atoms with van der Waals surface area (Å²) in [4.78, 5) is 26.7. The number of nitrogens with one attached hydrogen (secondary N) is 2. The van der Waals surface area contributed by atoms with Crippen LogP contribution in [0.3, 0.4) is 0 Å². The summed E-state index contributed by atoms with van der Waals surface area (Å²) in [7, 11) is -3.69. The molecule has 0 atom stereocenters. The van der Waals surface area contributed by atoms with Gasteiger partial charge >= 0.3 is 0 Å². The number of sulfonamides is 1. The average Bonchev–Trinajstić information content (AvgIpc) is 2.93. The summed E-state index contributed by atoms with van der Waals surface area (Å²) in [5.41, 5.74) is -0.367. The van der Waals surface area contributed by atoms with Crippen LogP contribution < -0.4 is 10.3 Å². The van der Waals surface area contributed by atoms with Crippen LogP contribution in [-0.4, -0.2) is 43.8 Å². The molecule has 1 aliphatic rings. The molecule has 1 saturated heterocycles. The molecule has 0 aliphatic carbocycles. The van der Waals surface area contributed by atoms with Crippen molar-refractivity contribution in [1.29, 1.82) is 0 Å². The highest BCUT2D eigenvalue weighted by atomic mass is 32.2. The summed E-state index contributed by atoms with van der Waals surface area (Å²) < 4.78 is 26.1. The molecule has 0 bridgehead atoms. The standard InChI is InChI=1S/C12H17N3O4S/c16-11-4-3-10(9-13-11)20(18,19)14-6-5-12(17)15-7-1-2-8-15/h3-4,9,14H,1-2,5-8H2,(H,13,16). The van der Waals surface area contributed by atoms with E-state index in [0.717, 1.165) is 38.2 Å². The highest BCUT2D eigenvalue weighted by Crippen LogP contribution is 2.09. The van der Waals surface area contributed by atoms with E-state index in [2.05, 4.69) is 9.71 Å². The lowest BCUT2D eigenvalue weighted by Gasteiger charge is -2.15. The van der Waals surface area contributed by atoms with Crippen molar-refractivity contribution >= 4 is 15.9 Å². The Morgan fingerprint density at radius 1 is 1.30 bits per heavy atom. The molecule has 2 rings (SSSR count). The number of rotatable bonds is 5. The summed E-state index contributed by atoms with van der Waals surface area (Å²) >= 11 is 0. The molecule has 7 nitrogen and oxygen atoms in total. The van der Waals surface area contributed by atoms with E-state index in [0.29, 0.717) is 0 Å². The van der Waals surface area contributed by atoms with Crippen molar-refractivity contribution in [2.75, 3.05) is 19.6 Å². The fourth-order valence-corrected chi connectivity index (χ4v) is 3.06. The number of carbonyl (C=O) groups excluding carboxylic acids is 1. The van der Waals surface area contributed by atoms with Crippen molar-refractivity contribution in [1.82, 2.24) is 14.6 Å². The molecule has 0 unspecified atom stereocenters. The molecule has 2 heterocycles. The fourth-order valence-electron chi connectivity index (χ4n) is 2.06. The second-order valence-corrected chi connectivity index (χ2v) is 6.39. The highest BCUT2D eigenvalue weighted by Gasteiger charge is 2.19. The SMILES string of the molecule is O=C(CCNS(=O)(=O)c1ccc(=O)[nH]c1)N1CCCC1. The van der Waals surface area contributed by atoms with Crippen LogP contribution in [0.5, 0.6) is 0 Å². The third-order valence-corrected chi connectivity index (χ3v) is 4.61. The van der Waals surface area contributed by atoms with Crippen molar-refractivity contribution < 1.29 is 13.2 Å². The van der Waals surface area contributed by atoms with Crippen LogP contribution in [0.15, 0.2) is 28.0 Å². The lowest BCUT2D eigenvalue weighted by atomic mass is 10.4. The van der Waals surface area contributed by atoms with Crippen LogP contribution in [0.25, 0.3) is 0 Å². The van der Waals surface area contributed by atoms with Crippen LogP contribution in [0, 0.1) is 0 Å². The fraction of sp³-hybridized carbons (Fsp3) is 0.500. The van der Waals surface area contributed by atoms with E-state index in [1.54, 1.807) is 4.90 Å². The summed E-state index contributed by atoms with van der Waals surface area (Å²) in [5.74, 6) is -0.0355. The van der Waals surface area contributed by atoms with Crippen molar-refractivity contribution in [2.24, 2.45) is 0 Å². The number of H-pyrrole nitrogens is 1. The largest absolute Gasteiger partial charge is 0.343 e. The normalized spacial score (nSPS) is 15.5. The monoisotopic (exact) mass is 299 g/mol. The molecule has 20 heavy (non-hydrogen) atoms. The van der Waals surface area contributed by atoms with Gasteiger partial charge in [-0.05, 0) is 18.9 Å². The van der Waals surface area contributed by atoms with Gasteiger partial charge in [-0.1, -0.05) is 0 Å². The third kappa shape index (κ3) is 3.67. The topological polar surface area (TPSA) is 99.3 Å². The minimum Gasteiger partial charge on any atom is -0.343 e. The number of aromatic amines is 1. The van der Waals surface area contributed by atoms with E-state index in [9.17, 15) is 18.0 Å². The minimum atomic E-state index is -3.69. The summed E-state index contributed by atoms with van der Waals surface area (Å²) in [6.45, 7) is 1.56. The molecule has 1 amide bonds. The van der Waals surface area contributed by atoms with Gasteiger partial charge in [0, 0.05) is 38.3 Å². The van der Waals surface area contributed by atoms with E-state index >= 15 is 0 Å². The third-order valence-electron chi connectivity index (χ3n) is 3.16. The van der Waals surface area contributed by atoms with Gasteiger partial charge in [0.15, 0.2) is 0 Å². The molecule has 110 valence electrons. The van der Waals surface area contributed by atoms with Crippen LogP contribution in [0.1, 0.15) is 19.3 Å². The number of carbonyl (C=O) groups is 1. The summed E-state index contributed by atoms with van der Waals surface area (Å²) in [6, 6.07) is 2.37. The number of amides is 1. The molecule has 0 radical (unpaired) electrons. The molecular formula is C12H17N3O4S. The molecule has 1 aromatic heterocycles. The molecule has 2 N–H and O–H groups in total.